The third-order valence-corrected chi connectivity index (χ3v) is 3.24. The molecular weight excluding hydrogens is 180 g/mol. The fraction of sp³-hybridized carbons (Fsp3) is 0.600. The van der Waals surface area contributed by atoms with E-state index in [-0.39, 0.29) is 0 Å². The summed E-state index contributed by atoms with van der Waals surface area (Å²) in [5.41, 5.74) is 1.49. The molecule has 0 spiro atoms. The second-order valence-corrected chi connectivity index (χ2v) is 4.78. The Morgan fingerprint density at radius 2 is 1.60 bits per heavy atom. The molecule has 0 bridgehead atoms. The van der Waals surface area contributed by atoms with Gasteiger partial charge in [0.25, 0.3) is 0 Å². The van der Waals surface area contributed by atoms with Crippen LogP contribution in [0.2, 0.25) is 0 Å². The van der Waals surface area contributed by atoms with Gasteiger partial charge in [-0.2, -0.15) is 0 Å². The molecule has 0 N–H and O–H groups in total. The Hall–Kier alpha value is -0.780. The molecule has 1 rings (SSSR count). The molecule has 84 valence electrons. The van der Waals surface area contributed by atoms with Crippen molar-refractivity contribution in [3.8, 4) is 0 Å². The SMILES string of the molecule is CCCC(C)CCC(C)c1ccccc1. The first-order valence-electron chi connectivity index (χ1n) is 6.29. The lowest BCUT2D eigenvalue weighted by molar-refractivity contribution is 0.449. The molecule has 0 nitrogen and oxygen atoms in total. The van der Waals surface area contributed by atoms with Crippen molar-refractivity contribution in [1.29, 1.82) is 0 Å². The second-order valence-electron chi connectivity index (χ2n) is 4.78. The maximum Gasteiger partial charge on any atom is -0.0190 e. The Balaban J connectivity index is 2.33. The molecule has 2 atom stereocenters. The smallest absolute Gasteiger partial charge is 0.0190 e. The quantitative estimate of drug-likeness (QED) is 0.611. The highest BCUT2D eigenvalue weighted by Crippen LogP contribution is 2.23. The van der Waals surface area contributed by atoms with Gasteiger partial charge in [0.2, 0.25) is 0 Å². The van der Waals surface area contributed by atoms with Crippen molar-refractivity contribution in [1.82, 2.24) is 0 Å². The molecule has 0 amide bonds. The van der Waals surface area contributed by atoms with E-state index < -0.39 is 0 Å². The zero-order valence-corrected chi connectivity index (χ0v) is 10.4. The van der Waals surface area contributed by atoms with E-state index in [9.17, 15) is 0 Å². The van der Waals surface area contributed by atoms with Crippen molar-refractivity contribution >= 4 is 0 Å². The van der Waals surface area contributed by atoms with E-state index >= 15 is 0 Å². The Morgan fingerprint density at radius 1 is 0.933 bits per heavy atom. The highest BCUT2D eigenvalue weighted by atomic mass is 14.1. The van der Waals surface area contributed by atoms with Gasteiger partial charge in [-0.25, -0.2) is 0 Å². The minimum Gasteiger partial charge on any atom is -0.0654 e. The summed E-state index contributed by atoms with van der Waals surface area (Å²) in [6.07, 6.45) is 5.39. The van der Waals surface area contributed by atoms with Crippen LogP contribution in [-0.2, 0) is 0 Å². The van der Waals surface area contributed by atoms with Crippen molar-refractivity contribution in [2.24, 2.45) is 5.92 Å². The predicted molar refractivity (Wildman–Crippen MR) is 68.2 cm³/mol. The molecule has 0 aromatic heterocycles. The minimum absolute atomic E-state index is 0.713. The highest BCUT2D eigenvalue weighted by Gasteiger charge is 2.07. The summed E-state index contributed by atoms with van der Waals surface area (Å²) in [6.45, 7) is 6.99. The Kier molecular flexibility index (Phi) is 5.45. The third-order valence-electron chi connectivity index (χ3n) is 3.24. The molecule has 2 unspecified atom stereocenters. The van der Waals surface area contributed by atoms with Gasteiger partial charge in [0.05, 0.1) is 0 Å². The van der Waals surface area contributed by atoms with E-state index in [0.29, 0.717) is 5.92 Å². The van der Waals surface area contributed by atoms with Crippen LogP contribution in [0, 0.1) is 5.92 Å². The van der Waals surface area contributed by atoms with E-state index in [0.717, 1.165) is 5.92 Å². The maximum absolute atomic E-state index is 2.38. The molecule has 0 saturated carbocycles. The monoisotopic (exact) mass is 204 g/mol. The van der Waals surface area contributed by atoms with Crippen molar-refractivity contribution in [3.63, 3.8) is 0 Å². The van der Waals surface area contributed by atoms with Crippen LogP contribution in [0.15, 0.2) is 30.3 Å². The van der Waals surface area contributed by atoms with Crippen molar-refractivity contribution < 1.29 is 0 Å². The van der Waals surface area contributed by atoms with Gasteiger partial charge in [0.1, 0.15) is 0 Å². The van der Waals surface area contributed by atoms with Crippen LogP contribution in [-0.4, -0.2) is 0 Å². The van der Waals surface area contributed by atoms with E-state index in [1.807, 2.05) is 0 Å². The fourth-order valence-corrected chi connectivity index (χ4v) is 2.12. The first-order chi connectivity index (χ1) is 7.24. The van der Waals surface area contributed by atoms with Crippen LogP contribution >= 0.6 is 0 Å². The molecule has 0 aliphatic rings. The molecule has 0 heteroatoms. The van der Waals surface area contributed by atoms with Crippen LogP contribution in [0.25, 0.3) is 0 Å². The molecule has 0 saturated heterocycles. The maximum atomic E-state index is 2.38. The molecule has 0 aliphatic carbocycles. The number of hydrogen-bond donors (Lipinski definition) is 0. The number of rotatable bonds is 6. The lowest BCUT2D eigenvalue weighted by Gasteiger charge is -2.15. The summed E-state index contributed by atoms with van der Waals surface area (Å²) in [4.78, 5) is 0. The van der Waals surface area contributed by atoms with Gasteiger partial charge in [0, 0.05) is 0 Å². The average molecular weight is 204 g/mol. The van der Waals surface area contributed by atoms with Crippen LogP contribution < -0.4 is 0 Å². The normalized spacial score (nSPS) is 14.9. The van der Waals surface area contributed by atoms with Gasteiger partial charge in [-0.1, -0.05) is 70.4 Å². The van der Waals surface area contributed by atoms with Crippen molar-refractivity contribution in [2.75, 3.05) is 0 Å². The van der Waals surface area contributed by atoms with Gasteiger partial charge in [-0.15, -0.1) is 0 Å². The largest absolute Gasteiger partial charge is 0.0654 e. The van der Waals surface area contributed by atoms with E-state index in [2.05, 4.69) is 51.1 Å². The topological polar surface area (TPSA) is 0 Å². The molecule has 0 heterocycles. The number of benzene rings is 1. The highest BCUT2D eigenvalue weighted by molar-refractivity contribution is 5.18. The first-order valence-corrected chi connectivity index (χ1v) is 6.29. The molecule has 15 heavy (non-hydrogen) atoms. The molecule has 1 aromatic rings. The Labute approximate surface area is 94.7 Å². The van der Waals surface area contributed by atoms with E-state index in [4.69, 9.17) is 0 Å². The van der Waals surface area contributed by atoms with Gasteiger partial charge in [-0.05, 0) is 23.8 Å². The molecular formula is C15H24. The van der Waals surface area contributed by atoms with Gasteiger partial charge < -0.3 is 0 Å². The van der Waals surface area contributed by atoms with Crippen LogP contribution in [0.1, 0.15) is 57.9 Å². The third kappa shape index (κ3) is 4.51. The lowest BCUT2D eigenvalue weighted by atomic mass is 9.91. The summed E-state index contributed by atoms with van der Waals surface area (Å²) < 4.78 is 0. The van der Waals surface area contributed by atoms with Crippen LogP contribution in [0.5, 0.6) is 0 Å². The van der Waals surface area contributed by atoms with Gasteiger partial charge in [-0.3, -0.25) is 0 Å². The fourth-order valence-electron chi connectivity index (χ4n) is 2.12. The zero-order valence-electron chi connectivity index (χ0n) is 10.4. The summed E-state index contributed by atoms with van der Waals surface area (Å²) >= 11 is 0. The standard InChI is InChI=1S/C15H24/c1-4-8-13(2)11-12-14(3)15-9-6-5-7-10-15/h5-7,9-10,13-14H,4,8,11-12H2,1-3H3. The van der Waals surface area contributed by atoms with E-state index in [1.54, 1.807) is 0 Å². The average Bonchev–Trinajstić information content (AvgIpc) is 2.27. The molecule has 0 fully saturated rings. The zero-order chi connectivity index (χ0) is 11.1. The Bertz CT molecular complexity index is 250. The predicted octanol–water partition coefficient (Wildman–Crippen LogP) is 5.01. The summed E-state index contributed by atoms with van der Waals surface area (Å²) in [6, 6.07) is 10.9. The minimum atomic E-state index is 0.713. The summed E-state index contributed by atoms with van der Waals surface area (Å²) in [7, 11) is 0. The second kappa shape index (κ2) is 6.66. The van der Waals surface area contributed by atoms with Gasteiger partial charge in [0.15, 0.2) is 0 Å². The van der Waals surface area contributed by atoms with Crippen molar-refractivity contribution in [3.05, 3.63) is 35.9 Å². The Morgan fingerprint density at radius 3 is 2.20 bits per heavy atom. The lowest BCUT2D eigenvalue weighted by Crippen LogP contribution is -1.99. The summed E-state index contributed by atoms with van der Waals surface area (Å²) in [5.74, 6) is 1.60. The number of hydrogen-bond acceptors (Lipinski definition) is 0. The summed E-state index contributed by atoms with van der Waals surface area (Å²) in [5, 5.41) is 0. The van der Waals surface area contributed by atoms with Crippen LogP contribution in [0.4, 0.5) is 0 Å². The molecule has 0 radical (unpaired) electrons. The molecule has 1 aromatic carbocycles. The van der Waals surface area contributed by atoms with Crippen LogP contribution in [0.3, 0.4) is 0 Å². The van der Waals surface area contributed by atoms with Gasteiger partial charge >= 0.3 is 0 Å². The van der Waals surface area contributed by atoms with E-state index in [1.165, 1.54) is 31.2 Å². The first kappa shape index (κ1) is 12.3. The molecule has 0 aliphatic heterocycles. The van der Waals surface area contributed by atoms with Crippen molar-refractivity contribution in [2.45, 2.75) is 52.4 Å².